The van der Waals surface area contributed by atoms with Gasteiger partial charge in [0.1, 0.15) is 0 Å². The van der Waals surface area contributed by atoms with Crippen molar-refractivity contribution in [3.05, 3.63) is 12.7 Å². The summed E-state index contributed by atoms with van der Waals surface area (Å²) < 4.78 is 51.1. The zero-order valence-corrected chi connectivity index (χ0v) is 10.5. The number of alkyl halides is 3. The Morgan fingerprint density at radius 2 is 1.81 bits per heavy atom. The smallest absolute Gasteiger partial charge is 0.377 e. The molecule has 96 valence electrons. The van der Waals surface area contributed by atoms with Crippen molar-refractivity contribution >= 4 is 8.80 Å². The van der Waals surface area contributed by atoms with Gasteiger partial charge in [0.05, 0.1) is 0 Å². The van der Waals surface area contributed by atoms with Gasteiger partial charge in [-0.05, 0) is 6.42 Å². The van der Waals surface area contributed by atoms with E-state index in [9.17, 15) is 13.2 Å². The Labute approximate surface area is 94.6 Å². The summed E-state index contributed by atoms with van der Waals surface area (Å²) in [5, 5.41) is 0. The van der Waals surface area contributed by atoms with Gasteiger partial charge in [-0.2, -0.15) is 13.2 Å². The van der Waals surface area contributed by atoms with E-state index in [1.165, 1.54) is 14.2 Å². The van der Waals surface area contributed by atoms with Crippen molar-refractivity contribution in [2.24, 2.45) is 0 Å². The Morgan fingerprint density at radius 3 is 2.19 bits per heavy atom. The first kappa shape index (κ1) is 15.6. The molecule has 0 aliphatic heterocycles. The molecule has 0 spiro atoms. The van der Waals surface area contributed by atoms with E-state index in [0.717, 1.165) is 0 Å². The molecule has 0 bridgehead atoms. The topological polar surface area (TPSA) is 27.7 Å². The van der Waals surface area contributed by atoms with E-state index in [4.69, 9.17) is 13.3 Å². The molecule has 0 heterocycles. The van der Waals surface area contributed by atoms with Crippen LogP contribution in [0.25, 0.3) is 0 Å². The molecule has 0 rings (SSSR count). The van der Waals surface area contributed by atoms with Crippen LogP contribution in [-0.2, 0) is 13.3 Å². The van der Waals surface area contributed by atoms with Gasteiger partial charge in [0.2, 0.25) is 0 Å². The van der Waals surface area contributed by atoms with Crippen molar-refractivity contribution in [2.75, 3.05) is 20.8 Å². The standard InChI is InChI=1S/C9H17F3O3Si/c1-4-8-16(13-2,14-3)15-7-5-6-9(10,11)12/h4H,1,5-8H2,2-3H3. The molecule has 0 aromatic heterocycles. The maximum atomic E-state index is 11.9. The SMILES string of the molecule is C=CC[Si](OC)(OC)OCCCC(F)(F)F. The van der Waals surface area contributed by atoms with Gasteiger partial charge in [0.25, 0.3) is 0 Å². The third-order valence-corrected chi connectivity index (χ3v) is 4.62. The summed E-state index contributed by atoms with van der Waals surface area (Å²) in [6.07, 6.45) is -3.53. The molecule has 7 heteroatoms. The molecule has 0 saturated heterocycles. The van der Waals surface area contributed by atoms with Gasteiger partial charge in [-0.3, -0.25) is 0 Å². The molecule has 0 amide bonds. The second-order valence-electron chi connectivity index (χ2n) is 3.15. The fourth-order valence-electron chi connectivity index (χ4n) is 1.10. The molecular formula is C9H17F3O3Si. The van der Waals surface area contributed by atoms with E-state index in [0.29, 0.717) is 6.04 Å². The fraction of sp³-hybridized carbons (Fsp3) is 0.778. The third-order valence-electron chi connectivity index (χ3n) is 1.94. The molecule has 0 aromatic carbocycles. The van der Waals surface area contributed by atoms with Crippen LogP contribution < -0.4 is 0 Å². The highest BCUT2D eigenvalue weighted by Gasteiger charge is 2.37. The molecule has 0 unspecified atom stereocenters. The predicted molar refractivity (Wildman–Crippen MR) is 56.0 cm³/mol. The minimum Gasteiger partial charge on any atom is -0.377 e. The molecule has 0 atom stereocenters. The van der Waals surface area contributed by atoms with Crippen LogP contribution in [-0.4, -0.2) is 35.8 Å². The van der Waals surface area contributed by atoms with E-state index in [-0.39, 0.29) is 13.0 Å². The molecule has 0 fully saturated rings. The molecule has 0 N–H and O–H groups in total. The van der Waals surface area contributed by atoms with Crippen LogP contribution in [0, 0.1) is 0 Å². The zero-order chi connectivity index (χ0) is 12.7. The second-order valence-corrected chi connectivity index (χ2v) is 6.03. The predicted octanol–water partition coefficient (Wildman–Crippen LogP) is 2.76. The van der Waals surface area contributed by atoms with Crippen molar-refractivity contribution < 1.29 is 26.4 Å². The molecule has 0 aromatic rings. The largest absolute Gasteiger partial charge is 0.504 e. The summed E-state index contributed by atoms with van der Waals surface area (Å²) in [4.78, 5) is 0. The quantitative estimate of drug-likeness (QED) is 0.380. The molecule has 0 saturated carbocycles. The molecule has 3 nitrogen and oxygen atoms in total. The van der Waals surface area contributed by atoms with Gasteiger partial charge in [-0.1, -0.05) is 6.08 Å². The van der Waals surface area contributed by atoms with Gasteiger partial charge in [0.15, 0.2) is 0 Å². The van der Waals surface area contributed by atoms with Gasteiger partial charge in [-0.15, -0.1) is 6.58 Å². The summed E-state index contributed by atoms with van der Waals surface area (Å²) in [6.45, 7) is 3.50. The molecule has 0 aliphatic carbocycles. The molecule has 16 heavy (non-hydrogen) atoms. The van der Waals surface area contributed by atoms with E-state index in [1.807, 2.05) is 0 Å². The number of halogens is 3. The van der Waals surface area contributed by atoms with Gasteiger partial charge in [0, 0.05) is 33.3 Å². The lowest BCUT2D eigenvalue weighted by molar-refractivity contribution is -0.137. The van der Waals surface area contributed by atoms with Crippen LogP contribution in [0.1, 0.15) is 12.8 Å². The van der Waals surface area contributed by atoms with Crippen molar-refractivity contribution in [3.63, 3.8) is 0 Å². The van der Waals surface area contributed by atoms with Crippen LogP contribution in [0.2, 0.25) is 6.04 Å². The Bertz CT molecular complexity index is 205. The zero-order valence-electron chi connectivity index (χ0n) is 9.47. The number of hydrogen-bond acceptors (Lipinski definition) is 3. The Balaban J connectivity index is 3.98. The van der Waals surface area contributed by atoms with E-state index < -0.39 is 21.4 Å². The lowest BCUT2D eigenvalue weighted by atomic mass is 10.3. The fourth-order valence-corrected chi connectivity index (χ4v) is 2.77. The second kappa shape index (κ2) is 7.05. The highest BCUT2D eigenvalue weighted by molar-refractivity contribution is 6.61. The van der Waals surface area contributed by atoms with Crippen LogP contribution in [0.4, 0.5) is 13.2 Å². The number of hydrogen-bond donors (Lipinski definition) is 0. The Morgan fingerprint density at radius 1 is 1.25 bits per heavy atom. The summed E-state index contributed by atoms with van der Waals surface area (Å²) in [7, 11) is 0.0141. The van der Waals surface area contributed by atoms with Crippen LogP contribution >= 0.6 is 0 Å². The minimum absolute atomic E-state index is 0.0265. The first-order valence-electron chi connectivity index (χ1n) is 4.81. The maximum absolute atomic E-state index is 11.9. The van der Waals surface area contributed by atoms with Gasteiger partial charge in [-0.25, -0.2) is 0 Å². The summed E-state index contributed by atoms with van der Waals surface area (Å²) in [5.74, 6) is 0. The van der Waals surface area contributed by atoms with Crippen LogP contribution in [0.15, 0.2) is 12.7 Å². The lowest BCUT2D eigenvalue weighted by Gasteiger charge is -2.25. The van der Waals surface area contributed by atoms with Crippen molar-refractivity contribution in [1.82, 2.24) is 0 Å². The monoisotopic (exact) mass is 258 g/mol. The average molecular weight is 258 g/mol. The third kappa shape index (κ3) is 6.26. The van der Waals surface area contributed by atoms with Gasteiger partial charge >= 0.3 is 15.0 Å². The first-order valence-corrected chi connectivity index (χ1v) is 6.74. The summed E-state index contributed by atoms with van der Waals surface area (Å²) in [6, 6.07) is 0.381. The summed E-state index contributed by atoms with van der Waals surface area (Å²) in [5.41, 5.74) is 0. The van der Waals surface area contributed by atoms with Crippen LogP contribution in [0.3, 0.4) is 0 Å². The van der Waals surface area contributed by atoms with E-state index >= 15 is 0 Å². The van der Waals surface area contributed by atoms with Crippen molar-refractivity contribution in [1.29, 1.82) is 0 Å². The van der Waals surface area contributed by atoms with Crippen molar-refractivity contribution in [3.8, 4) is 0 Å². The van der Waals surface area contributed by atoms with E-state index in [2.05, 4.69) is 6.58 Å². The maximum Gasteiger partial charge on any atom is 0.504 e. The number of rotatable bonds is 8. The van der Waals surface area contributed by atoms with Gasteiger partial charge < -0.3 is 13.3 Å². The van der Waals surface area contributed by atoms with Crippen LogP contribution in [0.5, 0.6) is 0 Å². The average Bonchev–Trinajstić information content (AvgIpc) is 2.21. The summed E-state index contributed by atoms with van der Waals surface area (Å²) >= 11 is 0. The molecule has 0 aliphatic rings. The highest BCUT2D eigenvalue weighted by Crippen LogP contribution is 2.22. The molecule has 0 radical (unpaired) electrons. The Kier molecular flexibility index (Phi) is 6.89. The first-order chi connectivity index (χ1) is 7.39. The number of allylic oxidation sites excluding steroid dienone is 1. The lowest BCUT2D eigenvalue weighted by Crippen LogP contribution is -2.43. The van der Waals surface area contributed by atoms with Crippen molar-refractivity contribution in [2.45, 2.75) is 25.1 Å². The Hall–Kier alpha value is -0.373. The minimum atomic E-state index is -4.15. The highest BCUT2D eigenvalue weighted by atomic mass is 28.4. The normalized spacial score (nSPS) is 12.8. The molecular weight excluding hydrogens is 241 g/mol. The van der Waals surface area contributed by atoms with E-state index in [1.54, 1.807) is 6.08 Å².